The van der Waals surface area contributed by atoms with Crippen molar-refractivity contribution in [3.8, 4) is 0 Å². The van der Waals surface area contributed by atoms with E-state index in [4.69, 9.17) is 4.74 Å². The van der Waals surface area contributed by atoms with Gasteiger partial charge in [-0.3, -0.25) is 4.79 Å². The van der Waals surface area contributed by atoms with Crippen LogP contribution >= 0.6 is 31.9 Å². The highest BCUT2D eigenvalue weighted by atomic mass is 79.9. The summed E-state index contributed by atoms with van der Waals surface area (Å²) in [6, 6.07) is 0. The van der Waals surface area contributed by atoms with Crippen molar-refractivity contribution in [2.75, 3.05) is 11.9 Å². The van der Waals surface area contributed by atoms with E-state index in [9.17, 15) is 4.79 Å². The molecular formula is C7H10Br2O2. The highest BCUT2D eigenvalue weighted by molar-refractivity contribution is 9.12. The van der Waals surface area contributed by atoms with Gasteiger partial charge in [-0.15, -0.1) is 0 Å². The molecule has 1 aliphatic rings. The minimum atomic E-state index is -0.0798. The average Bonchev–Trinajstić information content (AvgIpc) is 2.65. The first-order chi connectivity index (χ1) is 5.14. The van der Waals surface area contributed by atoms with Gasteiger partial charge in [-0.25, -0.2) is 0 Å². The molecule has 2 atom stereocenters. The van der Waals surface area contributed by atoms with Crippen LogP contribution < -0.4 is 0 Å². The number of hydrogen-bond acceptors (Lipinski definition) is 2. The Hall–Kier alpha value is 0.430. The summed E-state index contributed by atoms with van der Waals surface area (Å²) in [6.45, 7) is 2.30. The van der Waals surface area contributed by atoms with Crippen LogP contribution in [0, 0.1) is 5.92 Å². The van der Waals surface area contributed by atoms with Gasteiger partial charge in [0, 0.05) is 9.65 Å². The molecule has 1 saturated carbocycles. The Labute approximate surface area is 82.9 Å². The Morgan fingerprint density at radius 3 is 2.82 bits per heavy atom. The van der Waals surface area contributed by atoms with Crippen molar-refractivity contribution in [1.29, 1.82) is 0 Å². The molecule has 0 N–H and O–H groups in total. The molecule has 11 heavy (non-hydrogen) atoms. The van der Waals surface area contributed by atoms with E-state index in [1.807, 2.05) is 6.92 Å². The summed E-state index contributed by atoms with van der Waals surface area (Å²) in [5.74, 6) is -0.0225. The lowest BCUT2D eigenvalue weighted by molar-refractivity contribution is -0.144. The molecule has 2 nitrogen and oxygen atoms in total. The molecule has 4 heteroatoms. The van der Waals surface area contributed by atoms with E-state index < -0.39 is 0 Å². The SMILES string of the molecule is CCOC(=O)C1CC1(Br)CBr. The van der Waals surface area contributed by atoms with Gasteiger partial charge in [-0.1, -0.05) is 31.9 Å². The van der Waals surface area contributed by atoms with Crippen molar-refractivity contribution in [2.45, 2.75) is 17.7 Å². The standard InChI is InChI=1S/C7H10Br2O2/c1-2-11-6(10)5-3-7(5,9)4-8/h5H,2-4H2,1H3. The lowest BCUT2D eigenvalue weighted by Crippen LogP contribution is -2.14. The van der Waals surface area contributed by atoms with Gasteiger partial charge < -0.3 is 4.74 Å². The first kappa shape index (κ1) is 9.52. The molecule has 0 aromatic carbocycles. The molecule has 2 unspecified atom stereocenters. The van der Waals surface area contributed by atoms with Crippen LogP contribution in [0.15, 0.2) is 0 Å². The molecule has 1 rings (SSSR count). The molecule has 64 valence electrons. The largest absolute Gasteiger partial charge is 0.466 e. The number of alkyl halides is 2. The third kappa shape index (κ3) is 1.96. The van der Waals surface area contributed by atoms with Gasteiger partial charge in [0.15, 0.2) is 0 Å². The highest BCUT2D eigenvalue weighted by Gasteiger charge is 2.56. The predicted octanol–water partition coefficient (Wildman–Crippen LogP) is 2.10. The number of halogens is 2. The Kier molecular flexibility index (Phi) is 2.97. The lowest BCUT2D eigenvalue weighted by atomic mass is 10.3. The van der Waals surface area contributed by atoms with E-state index >= 15 is 0 Å². The Morgan fingerprint density at radius 2 is 2.45 bits per heavy atom. The smallest absolute Gasteiger partial charge is 0.310 e. The van der Waals surface area contributed by atoms with Crippen molar-refractivity contribution >= 4 is 37.8 Å². The van der Waals surface area contributed by atoms with Crippen molar-refractivity contribution in [1.82, 2.24) is 0 Å². The van der Waals surface area contributed by atoms with E-state index in [-0.39, 0.29) is 16.2 Å². The van der Waals surface area contributed by atoms with Gasteiger partial charge in [-0.2, -0.15) is 0 Å². The summed E-state index contributed by atoms with van der Waals surface area (Å²) in [4.78, 5) is 11.1. The molecule has 0 spiro atoms. The number of carbonyl (C=O) groups is 1. The minimum Gasteiger partial charge on any atom is -0.466 e. The van der Waals surface area contributed by atoms with Crippen LogP contribution in [0.25, 0.3) is 0 Å². The van der Waals surface area contributed by atoms with Gasteiger partial charge in [0.05, 0.1) is 12.5 Å². The average molecular weight is 286 g/mol. The van der Waals surface area contributed by atoms with Gasteiger partial charge in [0.2, 0.25) is 0 Å². The van der Waals surface area contributed by atoms with Crippen molar-refractivity contribution in [2.24, 2.45) is 5.92 Å². The van der Waals surface area contributed by atoms with Crippen molar-refractivity contribution < 1.29 is 9.53 Å². The first-order valence-corrected chi connectivity index (χ1v) is 5.47. The maximum atomic E-state index is 11.1. The monoisotopic (exact) mass is 284 g/mol. The number of carbonyl (C=O) groups excluding carboxylic acids is 1. The summed E-state index contributed by atoms with van der Waals surface area (Å²) in [5, 5.41) is 0.809. The fraction of sp³-hybridized carbons (Fsp3) is 0.857. The van der Waals surface area contributed by atoms with Crippen LogP contribution in [0.1, 0.15) is 13.3 Å². The number of rotatable bonds is 3. The summed E-state index contributed by atoms with van der Waals surface area (Å²) < 4.78 is 4.86. The molecule has 0 saturated heterocycles. The quantitative estimate of drug-likeness (QED) is 0.586. The summed E-state index contributed by atoms with van der Waals surface area (Å²) >= 11 is 6.82. The third-order valence-corrected chi connectivity index (χ3v) is 4.71. The zero-order chi connectivity index (χ0) is 8.48. The Bertz CT molecular complexity index is 172. The molecule has 0 aromatic heterocycles. The van der Waals surface area contributed by atoms with Crippen LogP contribution in [-0.4, -0.2) is 22.2 Å². The summed E-state index contributed by atoms with van der Waals surface area (Å²) in [7, 11) is 0. The molecule has 1 aliphatic carbocycles. The van der Waals surface area contributed by atoms with Crippen LogP contribution in [-0.2, 0) is 9.53 Å². The van der Waals surface area contributed by atoms with Gasteiger partial charge in [0.1, 0.15) is 0 Å². The summed E-state index contributed by atoms with van der Waals surface area (Å²) in [5.41, 5.74) is 0. The van der Waals surface area contributed by atoms with Crippen LogP contribution in [0.3, 0.4) is 0 Å². The van der Waals surface area contributed by atoms with Gasteiger partial charge >= 0.3 is 5.97 Å². The molecule has 0 amide bonds. The molecular weight excluding hydrogens is 276 g/mol. The van der Waals surface area contributed by atoms with Crippen molar-refractivity contribution in [3.05, 3.63) is 0 Å². The molecule has 0 aromatic rings. The van der Waals surface area contributed by atoms with Crippen LogP contribution in [0.5, 0.6) is 0 Å². The molecule has 0 radical (unpaired) electrons. The fourth-order valence-electron chi connectivity index (χ4n) is 0.965. The molecule has 0 bridgehead atoms. The van der Waals surface area contributed by atoms with Crippen LogP contribution in [0.2, 0.25) is 0 Å². The van der Waals surface area contributed by atoms with E-state index in [1.165, 1.54) is 0 Å². The van der Waals surface area contributed by atoms with Gasteiger partial charge in [0.25, 0.3) is 0 Å². The number of hydrogen-bond donors (Lipinski definition) is 0. The summed E-state index contributed by atoms with van der Waals surface area (Å²) in [6.07, 6.45) is 0.886. The number of esters is 1. The van der Waals surface area contributed by atoms with Crippen LogP contribution in [0.4, 0.5) is 0 Å². The highest BCUT2D eigenvalue weighted by Crippen LogP contribution is 2.52. The molecule has 1 fully saturated rings. The first-order valence-electron chi connectivity index (χ1n) is 3.55. The second-order valence-corrected chi connectivity index (χ2v) is 4.82. The van der Waals surface area contributed by atoms with E-state index in [0.29, 0.717) is 6.61 Å². The third-order valence-electron chi connectivity index (χ3n) is 1.80. The molecule has 0 heterocycles. The second-order valence-electron chi connectivity index (χ2n) is 2.68. The maximum absolute atomic E-state index is 11.1. The minimum absolute atomic E-state index is 0.0146. The topological polar surface area (TPSA) is 26.3 Å². The normalized spacial score (nSPS) is 35.0. The lowest BCUT2D eigenvalue weighted by Gasteiger charge is -2.03. The zero-order valence-electron chi connectivity index (χ0n) is 6.27. The fourth-order valence-corrected chi connectivity index (χ4v) is 2.10. The van der Waals surface area contributed by atoms with E-state index in [1.54, 1.807) is 0 Å². The Balaban J connectivity index is 2.36. The number of ether oxygens (including phenoxy) is 1. The van der Waals surface area contributed by atoms with Gasteiger partial charge in [-0.05, 0) is 13.3 Å². The second kappa shape index (κ2) is 3.44. The maximum Gasteiger partial charge on any atom is 0.310 e. The van der Waals surface area contributed by atoms with E-state index in [2.05, 4.69) is 31.9 Å². The van der Waals surface area contributed by atoms with Crippen molar-refractivity contribution in [3.63, 3.8) is 0 Å². The molecule has 0 aliphatic heterocycles. The predicted molar refractivity (Wildman–Crippen MR) is 50.2 cm³/mol. The zero-order valence-corrected chi connectivity index (χ0v) is 9.44. The Morgan fingerprint density at radius 1 is 1.82 bits per heavy atom. The van der Waals surface area contributed by atoms with E-state index in [0.717, 1.165) is 11.8 Å².